The van der Waals surface area contributed by atoms with Crippen molar-refractivity contribution in [2.45, 2.75) is 12.3 Å². The first-order valence-electron chi connectivity index (χ1n) is 4.84. The van der Waals surface area contributed by atoms with E-state index in [9.17, 15) is 9.59 Å². The van der Waals surface area contributed by atoms with Crippen LogP contribution in [0.25, 0.3) is 0 Å². The van der Waals surface area contributed by atoms with Crippen molar-refractivity contribution in [3.8, 4) is 0 Å². The van der Waals surface area contributed by atoms with E-state index in [0.717, 1.165) is 5.56 Å². The highest BCUT2D eigenvalue weighted by Crippen LogP contribution is 2.59. The Bertz CT molecular complexity index is 459. The van der Waals surface area contributed by atoms with Crippen LogP contribution in [0.1, 0.15) is 17.9 Å². The van der Waals surface area contributed by atoms with Crippen molar-refractivity contribution >= 4 is 23.4 Å². The fraction of sp³-hybridized carbons (Fsp3) is 0.273. The molecule has 0 spiro atoms. The number of carbonyl (C=O) groups is 2. The lowest BCUT2D eigenvalue weighted by molar-refractivity contribution is -0.133. The highest BCUT2D eigenvalue weighted by molar-refractivity contribution is 6.30. The molecule has 1 unspecified atom stereocenters. The molecule has 0 radical (unpaired) electrons. The molecule has 5 heteroatoms. The average molecular weight is 239 g/mol. The van der Waals surface area contributed by atoms with Crippen LogP contribution in [0.3, 0.4) is 0 Å². The first kappa shape index (κ1) is 11.0. The number of nitrogens with two attached hydrogens (primary N) is 2. The van der Waals surface area contributed by atoms with Gasteiger partial charge in [-0.25, -0.2) is 0 Å². The SMILES string of the molecule is NC(=O)C1(C(N)=O)CC1c1cccc(Cl)c1. The van der Waals surface area contributed by atoms with Crippen LogP contribution in [0.4, 0.5) is 0 Å². The number of benzene rings is 1. The van der Waals surface area contributed by atoms with E-state index in [-0.39, 0.29) is 5.92 Å². The Labute approximate surface area is 97.6 Å². The zero-order valence-electron chi connectivity index (χ0n) is 8.44. The van der Waals surface area contributed by atoms with Gasteiger partial charge in [0.25, 0.3) is 0 Å². The lowest BCUT2D eigenvalue weighted by Crippen LogP contribution is -2.38. The highest BCUT2D eigenvalue weighted by Gasteiger charge is 2.64. The van der Waals surface area contributed by atoms with Crippen LogP contribution in [-0.2, 0) is 9.59 Å². The molecule has 16 heavy (non-hydrogen) atoms. The van der Waals surface area contributed by atoms with E-state index in [0.29, 0.717) is 11.4 Å². The molecule has 0 saturated heterocycles. The number of primary amides is 2. The molecule has 1 aromatic carbocycles. The van der Waals surface area contributed by atoms with Gasteiger partial charge >= 0.3 is 0 Å². The van der Waals surface area contributed by atoms with Gasteiger partial charge in [-0.1, -0.05) is 23.7 Å². The maximum Gasteiger partial charge on any atom is 0.233 e. The van der Waals surface area contributed by atoms with E-state index in [1.807, 2.05) is 6.07 Å². The Morgan fingerprint density at radius 3 is 2.38 bits per heavy atom. The summed E-state index contributed by atoms with van der Waals surface area (Å²) in [7, 11) is 0. The molecule has 1 fully saturated rings. The Morgan fingerprint density at radius 2 is 1.94 bits per heavy atom. The van der Waals surface area contributed by atoms with Gasteiger partial charge in [-0.2, -0.15) is 0 Å². The number of halogens is 1. The molecule has 1 saturated carbocycles. The molecule has 0 aromatic heterocycles. The van der Waals surface area contributed by atoms with Crippen LogP contribution in [0.2, 0.25) is 5.02 Å². The minimum absolute atomic E-state index is 0.235. The smallest absolute Gasteiger partial charge is 0.233 e. The summed E-state index contributed by atoms with van der Waals surface area (Å²) in [6, 6.07) is 7.02. The van der Waals surface area contributed by atoms with Gasteiger partial charge < -0.3 is 11.5 Å². The van der Waals surface area contributed by atoms with Gasteiger partial charge in [0.2, 0.25) is 11.8 Å². The standard InChI is InChI=1S/C11H11ClN2O2/c12-7-3-1-2-6(4-7)8-5-11(8,9(13)15)10(14)16/h1-4,8H,5H2,(H2,13,15)(H2,14,16). The van der Waals surface area contributed by atoms with Gasteiger partial charge in [0.05, 0.1) is 0 Å². The normalized spacial score (nSPS) is 21.4. The second kappa shape index (κ2) is 3.49. The maximum absolute atomic E-state index is 11.3. The molecule has 2 rings (SSSR count). The first-order valence-corrected chi connectivity index (χ1v) is 5.21. The molecular formula is C11H11ClN2O2. The second-order valence-corrected chi connectivity index (χ2v) is 4.45. The number of amides is 2. The minimum Gasteiger partial charge on any atom is -0.369 e. The largest absolute Gasteiger partial charge is 0.369 e. The quantitative estimate of drug-likeness (QED) is 0.763. The van der Waals surface area contributed by atoms with Crippen molar-refractivity contribution in [2.24, 2.45) is 16.9 Å². The molecule has 1 aliphatic carbocycles. The van der Waals surface area contributed by atoms with Gasteiger partial charge in [0.1, 0.15) is 5.41 Å². The van der Waals surface area contributed by atoms with E-state index in [1.165, 1.54) is 0 Å². The molecule has 0 aliphatic heterocycles. The minimum atomic E-state index is -1.22. The Morgan fingerprint density at radius 1 is 1.31 bits per heavy atom. The van der Waals surface area contributed by atoms with Gasteiger partial charge in [0.15, 0.2) is 0 Å². The van der Waals surface area contributed by atoms with Crippen molar-refractivity contribution < 1.29 is 9.59 Å². The maximum atomic E-state index is 11.3. The molecule has 1 atom stereocenters. The molecule has 0 bridgehead atoms. The highest BCUT2D eigenvalue weighted by atomic mass is 35.5. The van der Waals surface area contributed by atoms with Gasteiger partial charge in [-0.05, 0) is 24.1 Å². The summed E-state index contributed by atoms with van der Waals surface area (Å²) in [6.07, 6.45) is 0.373. The zero-order valence-corrected chi connectivity index (χ0v) is 9.20. The van der Waals surface area contributed by atoms with Gasteiger partial charge in [0, 0.05) is 10.9 Å². The predicted octanol–water partition coefficient (Wildman–Crippen LogP) is 0.784. The van der Waals surface area contributed by atoms with Crippen molar-refractivity contribution in [3.05, 3.63) is 34.9 Å². The van der Waals surface area contributed by atoms with Gasteiger partial charge in [-0.3, -0.25) is 9.59 Å². The molecule has 4 nitrogen and oxygen atoms in total. The number of hydrogen-bond acceptors (Lipinski definition) is 2. The van der Waals surface area contributed by atoms with Crippen molar-refractivity contribution in [1.82, 2.24) is 0 Å². The van der Waals surface area contributed by atoms with E-state index in [4.69, 9.17) is 23.1 Å². The summed E-state index contributed by atoms with van der Waals surface area (Å²) in [5.74, 6) is -1.56. The topological polar surface area (TPSA) is 86.2 Å². The predicted molar refractivity (Wildman–Crippen MR) is 59.6 cm³/mol. The Hall–Kier alpha value is -1.55. The molecule has 1 aromatic rings. The summed E-state index contributed by atoms with van der Waals surface area (Å²) in [6.45, 7) is 0. The van der Waals surface area contributed by atoms with Crippen molar-refractivity contribution in [3.63, 3.8) is 0 Å². The lowest BCUT2D eigenvalue weighted by Gasteiger charge is -2.08. The van der Waals surface area contributed by atoms with Crippen LogP contribution in [0.5, 0.6) is 0 Å². The molecule has 84 valence electrons. The van der Waals surface area contributed by atoms with Crippen molar-refractivity contribution in [2.75, 3.05) is 0 Å². The first-order chi connectivity index (χ1) is 7.48. The van der Waals surface area contributed by atoms with Crippen LogP contribution >= 0.6 is 11.6 Å². The van der Waals surface area contributed by atoms with E-state index in [1.54, 1.807) is 18.2 Å². The zero-order chi connectivity index (χ0) is 11.9. The fourth-order valence-electron chi connectivity index (χ4n) is 2.05. The van der Waals surface area contributed by atoms with E-state index < -0.39 is 17.2 Å². The molecule has 2 amide bonds. The fourth-order valence-corrected chi connectivity index (χ4v) is 2.25. The third-order valence-corrected chi connectivity index (χ3v) is 3.33. The van der Waals surface area contributed by atoms with E-state index >= 15 is 0 Å². The Kier molecular flexibility index (Phi) is 2.39. The summed E-state index contributed by atoms with van der Waals surface area (Å²) in [4.78, 5) is 22.6. The van der Waals surface area contributed by atoms with Crippen LogP contribution in [0.15, 0.2) is 24.3 Å². The molecule has 0 heterocycles. The lowest BCUT2D eigenvalue weighted by atomic mass is 9.98. The third-order valence-electron chi connectivity index (χ3n) is 3.09. The van der Waals surface area contributed by atoms with Crippen LogP contribution in [-0.4, -0.2) is 11.8 Å². The van der Waals surface area contributed by atoms with Gasteiger partial charge in [-0.15, -0.1) is 0 Å². The molecule has 1 aliphatic rings. The second-order valence-electron chi connectivity index (χ2n) is 4.01. The summed E-state index contributed by atoms with van der Waals surface area (Å²) in [5, 5.41) is 0.562. The summed E-state index contributed by atoms with van der Waals surface area (Å²) < 4.78 is 0. The molecule has 4 N–H and O–H groups in total. The van der Waals surface area contributed by atoms with Crippen LogP contribution < -0.4 is 11.5 Å². The summed E-state index contributed by atoms with van der Waals surface area (Å²) >= 11 is 5.84. The van der Waals surface area contributed by atoms with Crippen molar-refractivity contribution in [1.29, 1.82) is 0 Å². The Balaban J connectivity index is 2.34. The summed E-state index contributed by atoms with van der Waals surface area (Å²) in [5.41, 5.74) is 10.1. The van der Waals surface area contributed by atoms with Crippen LogP contribution in [0, 0.1) is 5.41 Å². The van der Waals surface area contributed by atoms with E-state index in [2.05, 4.69) is 0 Å². The number of rotatable bonds is 3. The monoisotopic (exact) mass is 238 g/mol. The average Bonchev–Trinajstić information content (AvgIpc) is 2.93. The number of carbonyl (C=O) groups excluding carboxylic acids is 2. The molecular weight excluding hydrogens is 228 g/mol. The third kappa shape index (κ3) is 1.46. The number of hydrogen-bond donors (Lipinski definition) is 2.